The van der Waals surface area contributed by atoms with Crippen molar-refractivity contribution in [3.8, 4) is 5.75 Å². The number of hydrogen-bond acceptors (Lipinski definition) is 5. The number of β-amino-alcohol motifs (C(OH)–C–C–N with tert-alkyl or cyclic N) is 1. The maximum Gasteiger partial charge on any atom is 0.248 e. The third kappa shape index (κ3) is 5.18. The van der Waals surface area contributed by atoms with Gasteiger partial charge in [0.25, 0.3) is 0 Å². The lowest BCUT2D eigenvalue weighted by Crippen LogP contribution is -2.53. The van der Waals surface area contributed by atoms with Crippen LogP contribution in [0.25, 0.3) is 0 Å². The Labute approximate surface area is 164 Å². The van der Waals surface area contributed by atoms with Crippen molar-refractivity contribution in [3.63, 3.8) is 0 Å². The van der Waals surface area contributed by atoms with Crippen molar-refractivity contribution in [2.75, 3.05) is 46.5 Å². The van der Waals surface area contributed by atoms with Crippen LogP contribution in [-0.4, -0.2) is 79.0 Å². The number of rotatable bonds is 6. The van der Waals surface area contributed by atoms with Crippen LogP contribution < -0.4 is 4.74 Å². The van der Waals surface area contributed by atoms with E-state index in [1.807, 2.05) is 0 Å². The predicted molar refractivity (Wildman–Crippen MR) is 99.1 cm³/mol. The van der Waals surface area contributed by atoms with Gasteiger partial charge in [0.05, 0.1) is 6.54 Å². The molecule has 3 rings (SSSR count). The highest BCUT2D eigenvalue weighted by molar-refractivity contribution is 5.77. The number of benzene rings is 1. The minimum Gasteiger partial charge on any atom is -0.490 e. The van der Waals surface area contributed by atoms with Gasteiger partial charge >= 0.3 is 0 Å². The van der Waals surface area contributed by atoms with E-state index >= 15 is 0 Å². The van der Waals surface area contributed by atoms with Crippen LogP contribution in [0.2, 0.25) is 0 Å². The number of hydrogen-bond donors (Lipinski definition) is 1. The number of nitrogens with zero attached hydrogens (tertiary/aromatic N) is 2. The Bertz CT molecular complexity index is 684. The maximum absolute atomic E-state index is 13.4. The summed E-state index contributed by atoms with van der Waals surface area (Å²) in [4.78, 5) is 16.2. The summed E-state index contributed by atoms with van der Waals surface area (Å²) in [6.45, 7) is 1.46. The Kier molecular flexibility index (Phi) is 6.85. The summed E-state index contributed by atoms with van der Waals surface area (Å²) < 4.78 is 37.1. The number of ether oxygens (including phenoxy) is 2. The molecule has 2 aliphatic rings. The largest absolute Gasteiger partial charge is 0.490 e. The fourth-order valence-corrected chi connectivity index (χ4v) is 4.07. The van der Waals surface area contributed by atoms with E-state index in [-0.39, 0.29) is 31.4 Å². The van der Waals surface area contributed by atoms with Crippen molar-refractivity contribution in [1.82, 2.24) is 9.80 Å². The Balaban J connectivity index is 1.73. The average molecular weight is 398 g/mol. The zero-order valence-corrected chi connectivity index (χ0v) is 16.2. The lowest BCUT2D eigenvalue weighted by atomic mass is 10.0. The molecular weight excluding hydrogens is 370 g/mol. The molecule has 0 radical (unpaired) electrons. The fourth-order valence-electron chi connectivity index (χ4n) is 4.07. The standard InChI is InChI=1S/C20H28F2N2O4/c1-27-11-19(25)24-9-8-23(15-4-2-3-5-15)12-20(26,13-24)14-28-16-6-7-17(21)18(22)10-16/h6-7,10,15,26H,2-5,8-9,11-14H2,1H3. The number of carbonyl (C=O) groups is 1. The molecular formula is C20H28F2N2O4. The van der Waals surface area contributed by atoms with E-state index in [1.54, 1.807) is 4.90 Å². The number of aliphatic hydroxyl groups is 1. The molecule has 1 saturated carbocycles. The quantitative estimate of drug-likeness (QED) is 0.792. The van der Waals surface area contributed by atoms with Crippen molar-refractivity contribution in [1.29, 1.82) is 0 Å². The summed E-state index contributed by atoms with van der Waals surface area (Å²) in [6.07, 6.45) is 4.48. The molecule has 6 nitrogen and oxygen atoms in total. The first kappa shape index (κ1) is 21.0. The minimum atomic E-state index is -1.33. The van der Waals surface area contributed by atoms with Crippen LogP contribution in [0.3, 0.4) is 0 Å². The first-order valence-corrected chi connectivity index (χ1v) is 9.71. The zero-order valence-electron chi connectivity index (χ0n) is 16.2. The van der Waals surface area contributed by atoms with E-state index in [0.717, 1.165) is 37.8 Å². The molecule has 0 aromatic heterocycles. The Morgan fingerprint density at radius 2 is 1.96 bits per heavy atom. The highest BCUT2D eigenvalue weighted by Crippen LogP contribution is 2.27. The molecule has 1 aromatic carbocycles. The second-order valence-electron chi connectivity index (χ2n) is 7.75. The normalized spacial score (nSPS) is 24.4. The van der Waals surface area contributed by atoms with Crippen molar-refractivity contribution in [3.05, 3.63) is 29.8 Å². The number of methoxy groups -OCH3 is 1. The summed E-state index contributed by atoms with van der Waals surface area (Å²) in [7, 11) is 1.46. The first-order valence-electron chi connectivity index (χ1n) is 9.71. The Morgan fingerprint density at radius 3 is 2.64 bits per heavy atom. The summed E-state index contributed by atoms with van der Waals surface area (Å²) >= 11 is 0. The van der Waals surface area contributed by atoms with Gasteiger partial charge in [-0.15, -0.1) is 0 Å². The molecule has 1 atom stereocenters. The molecule has 0 spiro atoms. The third-order valence-electron chi connectivity index (χ3n) is 5.50. The smallest absolute Gasteiger partial charge is 0.248 e. The predicted octanol–water partition coefficient (Wildman–Crippen LogP) is 1.81. The number of carbonyl (C=O) groups excluding carboxylic acids is 1. The van der Waals surface area contributed by atoms with E-state index in [0.29, 0.717) is 25.7 Å². The molecule has 1 unspecified atom stereocenters. The van der Waals surface area contributed by atoms with E-state index in [4.69, 9.17) is 9.47 Å². The maximum atomic E-state index is 13.4. The molecule has 1 amide bonds. The molecule has 1 N–H and O–H groups in total. The zero-order chi connectivity index (χ0) is 20.1. The van der Waals surface area contributed by atoms with Gasteiger partial charge in [0.1, 0.15) is 24.6 Å². The Morgan fingerprint density at radius 1 is 1.21 bits per heavy atom. The van der Waals surface area contributed by atoms with Crippen LogP contribution in [0, 0.1) is 11.6 Å². The van der Waals surface area contributed by atoms with Gasteiger partial charge in [0.15, 0.2) is 11.6 Å². The molecule has 1 aliphatic heterocycles. The van der Waals surface area contributed by atoms with Crippen LogP contribution in [0.1, 0.15) is 25.7 Å². The topological polar surface area (TPSA) is 62.2 Å². The van der Waals surface area contributed by atoms with Crippen molar-refractivity contribution < 1.29 is 28.2 Å². The summed E-state index contributed by atoms with van der Waals surface area (Å²) in [5, 5.41) is 11.3. The van der Waals surface area contributed by atoms with Crippen LogP contribution in [0.15, 0.2) is 18.2 Å². The van der Waals surface area contributed by atoms with E-state index in [1.165, 1.54) is 13.2 Å². The monoisotopic (exact) mass is 398 g/mol. The molecule has 1 aliphatic carbocycles. The van der Waals surface area contributed by atoms with Crippen LogP contribution in [-0.2, 0) is 9.53 Å². The fraction of sp³-hybridized carbons (Fsp3) is 0.650. The van der Waals surface area contributed by atoms with Crippen LogP contribution >= 0.6 is 0 Å². The molecule has 8 heteroatoms. The molecule has 1 aromatic rings. The third-order valence-corrected chi connectivity index (χ3v) is 5.50. The molecule has 28 heavy (non-hydrogen) atoms. The van der Waals surface area contributed by atoms with Gasteiger partial charge in [-0.1, -0.05) is 12.8 Å². The number of amides is 1. The molecule has 0 bridgehead atoms. The molecule has 156 valence electrons. The SMILES string of the molecule is COCC(=O)N1CCN(C2CCCC2)CC(O)(COc2ccc(F)c(F)c2)C1. The van der Waals surface area contributed by atoms with Gasteiger partial charge in [-0.3, -0.25) is 9.69 Å². The van der Waals surface area contributed by atoms with Crippen molar-refractivity contribution in [2.45, 2.75) is 37.3 Å². The van der Waals surface area contributed by atoms with Gasteiger partial charge in [-0.05, 0) is 25.0 Å². The van der Waals surface area contributed by atoms with Crippen molar-refractivity contribution >= 4 is 5.91 Å². The lowest BCUT2D eigenvalue weighted by Gasteiger charge is -2.35. The second kappa shape index (κ2) is 9.15. The summed E-state index contributed by atoms with van der Waals surface area (Å²) in [5.74, 6) is -2.01. The summed E-state index contributed by atoms with van der Waals surface area (Å²) in [6, 6.07) is 3.65. The molecule has 2 fully saturated rings. The second-order valence-corrected chi connectivity index (χ2v) is 7.75. The van der Waals surface area contributed by atoms with Gasteiger partial charge in [0, 0.05) is 38.9 Å². The van der Waals surface area contributed by atoms with Crippen molar-refractivity contribution in [2.24, 2.45) is 0 Å². The van der Waals surface area contributed by atoms with Gasteiger partial charge in [0.2, 0.25) is 5.91 Å². The average Bonchev–Trinajstić information content (AvgIpc) is 3.14. The van der Waals surface area contributed by atoms with E-state index in [9.17, 15) is 18.7 Å². The van der Waals surface area contributed by atoms with E-state index < -0.39 is 17.2 Å². The number of halogens is 2. The molecule has 1 saturated heterocycles. The van der Waals surface area contributed by atoms with Crippen LogP contribution in [0.4, 0.5) is 8.78 Å². The highest BCUT2D eigenvalue weighted by Gasteiger charge is 2.39. The highest BCUT2D eigenvalue weighted by atomic mass is 19.2. The van der Waals surface area contributed by atoms with Gasteiger partial charge in [-0.2, -0.15) is 0 Å². The molecule has 1 heterocycles. The van der Waals surface area contributed by atoms with E-state index in [2.05, 4.69) is 4.90 Å². The summed E-state index contributed by atoms with van der Waals surface area (Å²) in [5.41, 5.74) is -1.33. The lowest BCUT2D eigenvalue weighted by molar-refractivity contribution is -0.138. The first-order chi connectivity index (χ1) is 13.4. The van der Waals surface area contributed by atoms with Gasteiger partial charge in [-0.25, -0.2) is 8.78 Å². The Hall–Kier alpha value is -1.77. The minimum absolute atomic E-state index is 0.0520. The van der Waals surface area contributed by atoms with Crippen LogP contribution in [0.5, 0.6) is 5.75 Å². The van der Waals surface area contributed by atoms with Gasteiger partial charge < -0.3 is 19.5 Å².